The number of hydrogen-bond acceptors (Lipinski definition) is 2. The number of benzene rings is 1. The van der Waals surface area contributed by atoms with Crippen molar-refractivity contribution in [1.82, 2.24) is 9.55 Å². The Kier molecular flexibility index (Phi) is 2.45. The first kappa shape index (κ1) is 11.6. The highest BCUT2D eigenvalue weighted by Crippen LogP contribution is 2.32. The van der Waals surface area contributed by atoms with Gasteiger partial charge < -0.3 is 14.7 Å². The van der Waals surface area contributed by atoms with Crippen LogP contribution in [-0.2, 0) is 7.05 Å². The summed E-state index contributed by atoms with van der Waals surface area (Å²) in [6.07, 6.45) is 1.70. The molecule has 0 saturated heterocycles. The fourth-order valence-corrected chi connectivity index (χ4v) is 2.37. The number of aromatic amines is 1. The molecule has 96 valence electrons. The van der Waals surface area contributed by atoms with E-state index in [0.717, 1.165) is 16.5 Å². The van der Waals surface area contributed by atoms with Crippen molar-refractivity contribution in [2.75, 3.05) is 0 Å². The molecular weight excluding hydrogens is 240 g/mol. The van der Waals surface area contributed by atoms with Crippen molar-refractivity contribution in [3.05, 3.63) is 53.3 Å². The second-order valence-corrected chi connectivity index (χ2v) is 4.69. The third-order valence-corrected chi connectivity index (χ3v) is 3.39. The lowest BCUT2D eigenvalue weighted by Gasteiger charge is -1.99. The molecule has 0 radical (unpaired) electrons. The quantitative estimate of drug-likeness (QED) is 0.691. The minimum Gasteiger partial charge on any atom is -0.494 e. The largest absolute Gasteiger partial charge is 0.494 e. The number of hydrogen-bond donors (Lipinski definition) is 2. The van der Waals surface area contributed by atoms with E-state index in [4.69, 9.17) is 0 Å². The Morgan fingerprint density at radius 2 is 2.11 bits per heavy atom. The normalized spacial score (nSPS) is 11.1. The molecule has 0 aliphatic heterocycles. The van der Waals surface area contributed by atoms with Gasteiger partial charge in [0.25, 0.3) is 0 Å². The molecule has 19 heavy (non-hydrogen) atoms. The molecule has 0 amide bonds. The first-order chi connectivity index (χ1) is 9.09. The molecule has 0 unspecified atom stereocenters. The van der Waals surface area contributed by atoms with Gasteiger partial charge in [-0.3, -0.25) is 4.79 Å². The fourth-order valence-electron chi connectivity index (χ4n) is 2.37. The van der Waals surface area contributed by atoms with Crippen LogP contribution in [0, 0.1) is 6.92 Å². The van der Waals surface area contributed by atoms with Crippen molar-refractivity contribution < 1.29 is 9.90 Å². The molecule has 2 N–H and O–H groups in total. The summed E-state index contributed by atoms with van der Waals surface area (Å²) < 4.78 is 1.63. The first-order valence-electron chi connectivity index (χ1n) is 6.05. The van der Waals surface area contributed by atoms with Crippen molar-refractivity contribution in [2.24, 2.45) is 7.05 Å². The molecule has 1 aromatic carbocycles. The van der Waals surface area contributed by atoms with Crippen LogP contribution in [-0.4, -0.2) is 20.4 Å². The van der Waals surface area contributed by atoms with Gasteiger partial charge in [0.2, 0.25) is 11.7 Å². The van der Waals surface area contributed by atoms with E-state index >= 15 is 0 Å². The summed E-state index contributed by atoms with van der Waals surface area (Å²) in [5, 5.41) is 11.0. The summed E-state index contributed by atoms with van der Waals surface area (Å²) in [5.41, 5.74) is 2.73. The number of nitrogens with one attached hydrogen (secondary N) is 1. The molecule has 0 spiro atoms. The lowest BCUT2D eigenvalue weighted by molar-refractivity contribution is 0.103. The van der Waals surface area contributed by atoms with Crippen LogP contribution in [0.3, 0.4) is 0 Å². The maximum atomic E-state index is 12.5. The van der Waals surface area contributed by atoms with E-state index in [1.54, 1.807) is 29.9 Å². The number of aromatic nitrogens is 2. The predicted octanol–water partition coefficient (Wildman–Crippen LogP) is 2.75. The maximum absolute atomic E-state index is 12.5. The molecule has 0 aliphatic rings. The van der Waals surface area contributed by atoms with Gasteiger partial charge in [-0.1, -0.05) is 11.6 Å². The van der Waals surface area contributed by atoms with Gasteiger partial charge in [-0.05, 0) is 31.2 Å². The SMILES string of the molecule is Cc1ccc2c(c1)c(C(=O)c1ccc[nH]1)c(O)n2C. The molecule has 3 rings (SSSR count). The number of aryl methyl sites for hydroxylation is 2. The Balaban J connectivity index is 2.31. The van der Waals surface area contributed by atoms with Crippen LogP contribution in [0.5, 0.6) is 5.88 Å². The number of carbonyl (C=O) groups is 1. The van der Waals surface area contributed by atoms with Crippen LogP contribution in [0.1, 0.15) is 21.6 Å². The van der Waals surface area contributed by atoms with Gasteiger partial charge in [0.1, 0.15) is 0 Å². The third-order valence-electron chi connectivity index (χ3n) is 3.39. The van der Waals surface area contributed by atoms with Gasteiger partial charge in [-0.2, -0.15) is 0 Å². The predicted molar refractivity (Wildman–Crippen MR) is 73.5 cm³/mol. The average molecular weight is 254 g/mol. The summed E-state index contributed by atoms with van der Waals surface area (Å²) in [7, 11) is 1.75. The van der Waals surface area contributed by atoms with Crippen molar-refractivity contribution in [2.45, 2.75) is 6.92 Å². The van der Waals surface area contributed by atoms with E-state index < -0.39 is 0 Å². The van der Waals surface area contributed by atoms with E-state index in [1.165, 1.54) is 0 Å². The summed E-state index contributed by atoms with van der Waals surface area (Å²) in [6, 6.07) is 9.27. The number of ketones is 1. The van der Waals surface area contributed by atoms with E-state index in [0.29, 0.717) is 11.3 Å². The molecule has 0 fully saturated rings. The topological polar surface area (TPSA) is 58.0 Å². The van der Waals surface area contributed by atoms with Crippen molar-refractivity contribution in [1.29, 1.82) is 0 Å². The second-order valence-electron chi connectivity index (χ2n) is 4.69. The first-order valence-corrected chi connectivity index (χ1v) is 6.05. The molecule has 4 nitrogen and oxygen atoms in total. The Bertz CT molecular complexity index is 767. The molecule has 0 atom stereocenters. The van der Waals surface area contributed by atoms with Gasteiger partial charge in [0.15, 0.2) is 0 Å². The second kappa shape index (κ2) is 4.02. The summed E-state index contributed by atoms with van der Waals surface area (Å²) in [6.45, 7) is 1.96. The van der Waals surface area contributed by atoms with Crippen LogP contribution in [0.25, 0.3) is 10.9 Å². The zero-order valence-electron chi connectivity index (χ0n) is 10.8. The zero-order valence-corrected chi connectivity index (χ0v) is 10.8. The molecule has 2 heterocycles. The fraction of sp³-hybridized carbons (Fsp3) is 0.133. The smallest absolute Gasteiger partial charge is 0.215 e. The Labute approximate surface area is 110 Å². The van der Waals surface area contributed by atoms with Crippen LogP contribution in [0.4, 0.5) is 0 Å². The molecule has 0 aliphatic carbocycles. The Hall–Kier alpha value is -2.49. The molecule has 3 aromatic rings. The van der Waals surface area contributed by atoms with Crippen LogP contribution in [0.15, 0.2) is 36.5 Å². The van der Waals surface area contributed by atoms with Gasteiger partial charge in [-0.15, -0.1) is 0 Å². The molecule has 0 bridgehead atoms. The Morgan fingerprint density at radius 1 is 1.32 bits per heavy atom. The van der Waals surface area contributed by atoms with Crippen LogP contribution < -0.4 is 0 Å². The number of nitrogens with zero attached hydrogens (tertiary/aromatic N) is 1. The standard InChI is InChI=1S/C15H14N2O2/c1-9-5-6-12-10(8-9)13(15(19)17(12)2)14(18)11-4-3-7-16-11/h3-8,16,19H,1-2H3. The van der Waals surface area contributed by atoms with Crippen LogP contribution in [0.2, 0.25) is 0 Å². The van der Waals surface area contributed by atoms with Crippen molar-refractivity contribution >= 4 is 16.7 Å². The number of rotatable bonds is 2. The van der Waals surface area contributed by atoms with Gasteiger partial charge >= 0.3 is 0 Å². The zero-order chi connectivity index (χ0) is 13.6. The highest BCUT2D eigenvalue weighted by atomic mass is 16.3. The van der Waals surface area contributed by atoms with E-state index in [1.807, 2.05) is 25.1 Å². The maximum Gasteiger partial charge on any atom is 0.215 e. The lowest BCUT2D eigenvalue weighted by atomic mass is 10.1. The lowest BCUT2D eigenvalue weighted by Crippen LogP contribution is -2.01. The van der Waals surface area contributed by atoms with Gasteiger partial charge in [-0.25, -0.2) is 0 Å². The van der Waals surface area contributed by atoms with Gasteiger partial charge in [0, 0.05) is 18.6 Å². The van der Waals surface area contributed by atoms with E-state index in [-0.39, 0.29) is 11.7 Å². The van der Waals surface area contributed by atoms with Crippen molar-refractivity contribution in [3.63, 3.8) is 0 Å². The highest BCUT2D eigenvalue weighted by Gasteiger charge is 2.22. The molecule has 0 saturated carbocycles. The summed E-state index contributed by atoms with van der Waals surface area (Å²) in [4.78, 5) is 15.3. The molecule has 2 aromatic heterocycles. The minimum absolute atomic E-state index is 0.000185. The monoisotopic (exact) mass is 254 g/mol. The minimum atomic E-state index is -0.196. The number of carbonyl (C=O) groups excluding carboxylic acids is 1. The van der Waals surface area contributed by atoms with Gasteiger partial charge in [0.05, 0.1) is 16.8 Å². The van der Waals surface area contributed by atoms with Crippen molar-refractivity contribution in [3.8, 4) is 5.88 Å². The number of aromatic hydroxyl groups is 1. The van der Waals surface area contributed by atoms with E-state index in [2.05, 4.69) is 4.98 Å². The summed E-state index contributed by atoms with van der Waals surface area (Å²) >= 11 is 0. The highest BCUT2D eigenvalue weighted by molar-refractivity contribution is 6.17. The van der Waals surface area contributed by atoms with E-state index in [9.17, 15) is 9.90 Å². The number of fused-ring (bicyclic) bond motifs is 1. The molecule has 4 heteroatoms. The molecular formula is C15H14N2O2. The van der Waals surface area contributed by atoms with Crippen LogP contribution >= 0.6 is 0 Å². The summed E-state index contributed by atoms with van der Waals surface area (Å²) in [5.74, 6) is -0.195. The Morgan fingerprint density at radius 3 is 2.79 bits per heavy atom. The average Bonchev–Trinajstić information content (AvgIpc) is 2.98. The number of H-pyrrole nitrogens is 1. The third kappa shape index (κ3) is 1.64.